The molecule has 0 spiro atoms. The summed E-state index contributed by atoms with van der Waals surface area (Å²) >= 11 is 0. The lowest BCUT2D eigenvalue weighted by Gasteiger charge is -2.30. The average Bonchev–Trinajstić information content (AvgIpc) is 2.73. The Morgan fingerprint density at radius 3 is 2.44 bits per heavy atom. The van der Waals surface area contributed by atoms with Gasteiger partial charge >= 0.3 is 10.2 Å². The SMILES string of the molecule is O=C([O-])[C@@H]1C[C@@H](O)C[NH+]1S(=O)(=O)N1CCCCC1. The number of carbonyl (C=O) groups excluding carboxylic acids is 1. The molecule has 0 saturated carbocycles. The summed E-state index contributed by atoms with van der Waals surface area (Å²) in [5, 5.41) is 20.4. The van der Waals surface area contributed by atoms with Crippen molar-refractivity contribution in [1.82, 2.24) is 4.31 Å². The Hall–Kier alpha value is -0.700. The van der Waals surface area contributed by atoms with Crippen molar-refractivity contribution in [1.29, 1.82) is 0 Å². The third-order valence-corrected chi connectivity index (χ3v) is 5.76. The zero-order chi connectivity index (χ0) is 13.3. The smallest absolute Gasteiger partial charge is 0.371 e. The van der Waals surface area contributed by atoms with Crippen molar-refractivity contribution in [2.24, 2.45) is 0 Å². The zero-order valence-electron chi connectivity index (χ0n) is 10.0. The molecule has 3 atom stereocenters. The number of rotatable bonds is 3. The van der Waals surface area contributed by atoms with Gasteiger partial charge in [0.25, 0.3) is 0 Å². The van der Waals surface area contributed by atoms with E-state index in [0.29, 0.717) is 13.1 Å². The maximum atomic E-state index is 12.3. The van der Waals surface area contributed by atoms with E-state index in [2.05, 4.69) is 0 Å². The first-order valence-corrected chi connectivity index (χ1v) is 7.61. The number of nitrogens with zero attached hydrogens (tertiary/aromatic N) is 1. The monoisotopic (exact) mass is 278 g/mol. The van der Waals surface area contributed by atoms with Gasteiger partial charge in [-0.3, -0.25) is 0 Å². The number of nitrogens with one attached hydrogen (secondary N) is 1. The van der Waals surface area contributed by atoms with Crippen LogP contribution in [0.4, 0.5) is 0 Å². The molecule has 7 nitrogen and oxygen atoms in total. The van der Waals surface area contributed by atoms with Gasteiger partial charge in [0.1, 0.15) is 24.7 Å². The van der Waals surface area contributed by atoms with Gasteiger partial charge in [0, 0.05) is 19.5 Å². The van der Waals surface area contributed by atoms with Crippen LogP contribution in [0.3, 0.4) is 0 Å². The van der Waals surface area contributed by atoms with Crippen molar-refractivity contribution >= 4 is 16.2 Å². The summed E-state index contributed by atoms with van der Waals surface area (Å²) in [6.07, 6.45) is 1.62. The van der Waals surface area contributed by atoms with E-state index in [4.69, 9.17) is 0 Å². The number of hydrogen-bond acceptors (Lipinski definition) is 5. The maximum absolute atomic E-state index is 12.3. The van der Waals surface area contributed by atoms with E-state index in [1.807, 2.05) is 0 Å². The third-order valence-electron chi connectivity index (χ3n) is 3.60. The minimum atomic E-state index is -3.72. The van der Waals surface area contributed by atoms with E-state index in [0.717, 1.165) is 19.3 Å². The standard InChI is InChI=1S/C10H18N2O5S/c13-8-6-9(10(14)15)12(7-8)18(16,17)11-4-2-1-3-5-11/h8-9,13H,1-7H2,(H,14,15)/t8-,9+/m1/s1. The number of aliphatic carboxylic acids is 1. The molecule has 8 heteroatoms. The summed E-state index contributed by atoms with van der Waals surface area (Å²) in [6, 6.07) is -1.17. The Morgan fingerprint density at radius 2 is 1.89 bits per heavy atom. The highest BCUT2D eigenvalue weighted by Gasteiger charge is 2.46. The number of piperidine rings is 1. The second-order valence-electron chi connectivity index (χ2n) is 4.90. The molecule has 0 aromatic heterocycles. The van der Waals surface area contributed by atoms with E-state index in [1.165, 1.54) is 4.31 Å². The van der Waals surface area contributed by atoms with Crippen molar-refractivity contribution < 1.29 is 27.7 Å². The molecular formula is C10H18N2O5S. The second kappa shape index (κ2) is 5.12. The molecule has 2 saturated heterocycles. The van der Waals surface area contributed by atoms with Crippen molar-refractivity contribution in [3.8, 4) is 0 Å². The molecule has 2 rings (SSSR count). The molecule has 1 unspecified atom stereocenters. The van der Waals surface area contributed by atoms with Crippen LogP contribution in [0.25, 0.3) is 0 Å². The average molecular weight is 278 g/mol. The molecule has 0 amide bonds. The highest BCUT2D eigenvalue weighted by atomic mass is 32.2. The van der Waals surface area contributed by atoms with Crippen molar-refractivity contribution in [3.05, 3.63) is 0 Å². The number of aliphatic hydroxyl groups is 1. The Kier molecular flexibility index (Phi) is 3.90. The normalized spacial score (nSPS) is 34.6. The molecule has 0 aliphatic carbocycles. The summed E-state index contributed by atoms with van der Waals surface area (Å²) in [7, 11) is -3.72. The van der Waals surface area contributed by atoms with Gasteiger partial charge in [-0.15, -0.1) is 0 Å². The predicted molar refractivity (Wildman–Crippen MR) is 59.6 cm³/mol. The number of carboxylic acids is 1. The van der Waals surface area contributed by atoms with E-state index in [-0.39, 0.29) is 17.3 Å². The van der Waals surface area contributed by atoms with Crippen LogP contribution in [-0.2, 0) is 15.0 Å². The quantitative estimate of drug-likeness (QED) is 0.557. The lowest BCUT2D eigenvalue weighted by molar-refractivity contribution is -0.779. The molecule has 2 aliphatic heterocycles. The van der Waals surface area contributed by atoms with Gasteiger partial charge in [0.15, 0.2) is 0 Å². The lowest BCUT2D eigenvalue weighted by atomic mass is 10.2. The Labute approximate surface area is 106 Å². The van der Waals surface area contributed by atoms with Crippen LogP contribution in [0.5, 0.6) is 0 Å². The molecule has 2 aliphatic rings. The summed E-state index contributed by atoms with van der Waals surface area (Å²) in [5.41, 5.74) is 0. The summed E-state index contributed by atoms with van der Waals surface area (Å²) in [6.45, 7) is 0.779. The Balaban J connectivity index is 2.20. The van der Waals surface area contributed by atoms with Crippen molar-refractivity contribution in [3.63, 3.8) is 0 Å². The van der Waals surface area contributed by atoms with Crippen LogP contribution >= 0.6 is 0 Å². The minimum Gasteiger partial charge on any atom is -0.544 e. The fourth-order valence-corrected chi connectivity index (χ4v) is 4.67. The second-order valence-corrected chi connectivity index (χ2v) is 6.89. The molecular weight excluding hydrogens is 260 g/mol. The van der Waals surface area contributed by atoms with Gasteiger partial charge in [-0.1, -0.05) is 6.42 Å². The van der Waals surface area contributed by atoms with Crippen LogP contribution in [0, 0.1) is 0 Å². The third kappa shape index (κ3) is 2.51. The summed E-state index contributed by atoms with van der Waals surface area (Å²) in [5.74, 6) is -1.41. The minimum absolute atomic E-state index is 0.0647. The lowest BCUT2D eigenvalue weighted by Crippen LogP contribution is -3.18. The molecule has 2 heterocycles. The summed E-state index contributed by atoms with van der Waals surface area (Å²) < 4.78 is 25.9. The first-order valence-electron chi connectivity index (χ1n) is 6.17. The van der Waals surface area contributed by atoms with E-state index >= 15 is 0 Å². The van der Waals surface area contributed by atoms with Gasteiger partial charge < -0.3 is 15.0 Å². The highest BCUT2D eigenvalue weighted by molar-refractivity contribution is 7.82. The number of carboxylic acid groups (broad SMARTS) is 1. The maximum Gasteiger partial charge on any atom is 0.371 e. The predicted octanol–water partition coefficient (Wildman–Crippen LogP) is -3.51. The first kappa shape index (κ1) is 13.7. The van der Waals surface area contributed by atoms with Gasteiger partial charge in [-0.05, 0) is 12.8 Å². The van der Waals surface area contributed by atoms with Gasteiger partial charge in [-0.25, -0.2) is 4.31 Å². The molecule has 18 heavy (non-hydrogen) atoms. The van der Waals surface area contributed by atoms with Crippen LogP contribution in [-0.4, -0.2) is 55.6 Å². The van der Waals surface area contributed by atoms with Crippen LogP contribution in [0.2, 0.25) is 0 Å². The number of aliphatic hydroxyl groups excluding tert-OH is 1. The molecule has 2 N–H and O–H groups in total. The van der Waals surface area contributed by atoms with E-state index in [9.17, 15) is 23.4 Å². The highest BCUT2D eigenvalue weighted by Crippen LogP contribution is 2.12. The van der Waals surface area contributed by atoms with Gasteiger partial charge in [-0.2, -0.15) is 12.7 Å². The molecule has 0 aromatic carbocycles. The molecule has 0 bridgehead atoms. The van der Waals surface area contributed by atoms with Crippen molar-refractivity contribution in [2.75, 3.05) is 19.6 Å². The van der Waals surface area contributed by atoms with Crippen LogP contribution in [0.15, 0.2) is 0 Å². The topological polar surface area (TPSA) is 102 Å². The van der Waals surface area contributed by atoms with E-state index < -0.39 is 28.3 Å². The largest absolute Gasteiger partial charge is 0.544 e. The molecule has 104 valence electrons. The van der Waals surface area contributed by atoms with Crippen LogP contribution in [0.1, 0.15) is 25.7 Å². The van der Waals surface area contributed by atoms with Crippen LogP contribution < -0.4 is 9.41 Å². The zero-order valence-corrected chi connectivity index (χ0v) is 10.9. The molecule has 0 radical (unpaired) electrons. The van der Waals surface area contributed by atoms with Gasteiger partial charge in [0.05, 0.1) is 0 Å². The van der Waals surface area contributed by atoms with Gasteiger partial charge in [0.2, 0.25) is 0 Å². The van der Waals surface area contributed by atoms with Crippen molar-refractivity contribution in [2.45, 2.75) is 37.8 Å². The molecule has 2 fully saturated rings. The first-order chi connectivity index (χ1) is 8.43. The Bertz CT molecular complexity index is 418. The van der Waals surface area contributed by atoms with E-state index in [1.54, 1.807) is 0 Å². The number of quaternary nitrogens is 1. The summed E-state index contributed by atoms with van der Waals surface area (Å²) in [4.78, 5) is 11.0. The fraction of sp³-hybridized carbons (Fsp3) is 0.900. The molecule has 0 aromatic rings. The number of carbonyl (C=O) groups is 1. The Morgan fingerprint density at radius 1 is 1.28 bits per heavy atom. The number of hydrogen-bond donors (Lipinski definition) is 2. The fourth-order valence-electron chi connectivity index (χ4n) is 2.65.